The van der Waals surface area contributed by atoms with Crippen molar-refractivity contribution in [2.24, 2.45) is 5.92 Å². The van der Waals surface area contributed by atoms with Crippen LogP contribution >= 0.6 is 11.6 Å². The van der Waals surface area contributed by atoms with Gasteiger partial charge in [-0.3, -0.25) is 4.79 Å². The summed E-state index contributed by atoms with van der Waals surface area (Å²) in [5.74, 6) is 3.53. The lowest BCUT2D eigenvalue weighted by Gasteiger charge is -2.39. The highest BCUT2D eigenvalue weighted by atomic mass is 35.5. The number of nitrogens with zero attached hydrogens (tertiary/aromatic N) is 1. The number of ketones is 1. The molecule has 1 aromatic carbocycles. The summed E-state index contributed by atoms with van der Waals surface area (Å²) in [4.78, 5) is 36.7. The molecule has 0 radical (unpaired) electrons. The van der Waals surface area contributed by atoms with E-state index < -0.39 is 29.3 Å². The fourth-order valence-electron chi connectivity index (χ4n) is 2.96. The van der Waals surface area contributed by atoms with E-state index >= 15 is 0 Å². The predicted molar refractivity (Wildman–Crippen MR) is 98.2 cm³/mol. The Morgan fingerprint density at radius 2 is 2.00 bits per heavy atom. The Bertz CT molecular complexity index is 930. The van der Waals surface area contributed by atoms with Gasteiger partial charge in [0.1, 0.15) is 5.78 Å². The van der Waals surface area contributed by atoms with Gasteiger partial charge >= 0.3 is 12.3 Å². The molecule has 2 amide bonds. The second kappa shape index (κ2) is 7.71. The number of amides is 2. The molecule has 5 nitrogen and oxygen atoms in total. The Hall–Kier alpha value is -2.53. The van der Waals surface area contributed by atoms with Crippen molar-refractivity contribution in [2.45, 2.75) is 50.8 Å². The first-order valence-corrected chi connectivity index (χ1v) is 9.38. The molecule has 0 spiro atoms. The van der Waals surface area contributed by atoms with Gasteiger partial charge in [-0.2, -0.15) is 13.2 Å². The third kappa shape index (κ3) is 4.25. The zero-order valence-electron chi connectivity index (χ0n) is 15.4. The number of rotatable bonds is 4. The first-order chi connectivity index (χ1) is 13.5. The SMILES string of the molecule is CC(=O)CCCC(=O)N1C(=O)O[C@](C#CC2CC2)(C(F)(F)F)c2cc(Cl)ccc21. The fourth-order valence-corrected chi connectivity index (χ4v) is 3.13. The van der Waals surface area contributed by atoms with Crippen molar-refractivity contribution in [3.05, 3.63) is 28.8 Å². The second-order valence-electron chi connectivity index (χ2n) is 7.04. The van der Waals surface area contributed by atoms with Crippen molar-refractivity contribution in [3.8, 4) is 11.8 Å². The summed E-state index contributed by atoms with van der Waals surface area (Å²) < 4.78 is 47.1. The molecule has 1 fully saturated rings. The van der Waals surface area contributed by atoms with E-state index in [1.54, 1.807) is 0 Å². The number of imide groups is 1. The number of carbonyl (C=O) groups excluding carboxylic acids is 3. The number of anilines is 1. The average molecular weight is 428 g/mol. The maximum Gasteiger partial charge on any atom is 0.445 e. The van der Waals surface area contributed by atoms with Crippen LogP contribution in [0.5, 0.6) is 0 Å². The number of alkyl halides is 3. The number of ether oxygens (including phenoxy) is 1. The Morgan fingerprint density at radius 3 is 2.59 bits per heavy atom. The molecule has 0 bridgehead atoms. The number of benzene rings is 1. The van der Waals surface area contributed by atoms with E-state index in [2.05, 4.69) is 11.8 Å². The van der Waals surface area contributed by atoms with E-state index in [1.807, 2.05) is 0 Å². The normalized spacial score (nSPS) is 21.0. The van der Waals surface area contributed by atoms with Crippen LogP contribution in [0.4, 0.5) is 23.7 Å². The van der Waals surface area contributed by atoms with Crippen LogP contribution < -0.4 is 4.90 Å². The lowest BCUT2D eigenvalue weighted by Crippen LogP contribution is -2.54. The number of fused-ring (bicyclic) bond motifs is 1. The Morgan fingerprint density at radius 1 is 1.31 bits per heavy atom. The van der Waals surface area contributed by atoms with Crippen molar-refractivity contribution in [3.63, 3.8) is 0 Å². The monoisotopic (exact) mass is 427 g/mol. The third-order valence-corrected chi connectivity index (χ3v) is 4.83. The van der Waals surface area contributed by atoms with Gasteiger partial charge in [0.25, 0.3) is 5.60 Å². The van der Waals surface area contributed by atoms with E-state index in [1.165, 1.54) is 19.1 Å². The van der Waals surface area contributed by atoms with E-state index in [0.717, 1.165) is 6.07 Å². The second-order valence-corrected chi connectivity index (χ2v) is 7.47. The van der Waals surface area contributed by atoms with Gasteiger partial charge in [-0.15, -0.1) is 0 Å². The summed E-state index contributed by atoms with van der Waals surface area (Å²) in [5.41, 5.74) is -3.99. The topological polar surface area (TPSA) is 63.7 Å². The molecule has 29 heavy (non-hydrogen) atoms. The third-order valence-electron chi connectivity index (χ3n) is 4.60. The summed E-state index contributed by atoms with van der Waals surface area (Å²) in [7, 11) is 0. The lowest BCUT2D eigenvalue weighted by atomic mass is 9.89. The minimum atomic E-state index is -5.05. The van der Waals surface area contributed by atoms with Gasteiger partial charge in [0, 0.05) is 29.3 Å². The van der Waals surface area contributed by atoms with Gasteiger partial charge in [0.15, 0.2) is 0 Å². The predicted octanol–water partition coefficient (Wildman–Crippen LogP) is 4.75. The molecule has 2 aliphatic rings. The maximum absolute atomic E-state index is 14.1. The molecule has 3 rings (SSSR count). The summed E-state index contributed by atoms with van der Waals surface area (Å²) in [6, 6.07) is 3.46. The minimum Gasteiger partial charge on any atom is -0.414 e. The van der Waals surface area contributed by atoms with Gasteiger partial charge in [0.2, 0.25) is 5.91 Å². The van der Waals surface area contributed by atoms with Crippen molar-refractivity contribution >= 4 is 35.1 Å². The molecule has 1 aliphatic heterocycles. The summed E-state index contributed by atoms with van der Waals surface area (Å²) in [6.45, 7) is 1.35. The lowest BCUT2D eigenvalue weighted by molar-refractivity contribution is -0.240. The fraction of sp³-hybridized carbons (Fsp3) is 0.450. The molecule has 0 N–H and O–H groups in total. The molecule has 1 saturated carbocycles. The van der Waals surface area contributed by atoms with Gasteiger partial charge in [-0.25, -0.2) is 9.69 Å². The van der Waals surface area contributed by atoms with Crippen LogP contribution in [-0.4, -0.2) is 24.0 Å². The van der Waals surface area contributed by atoms with Crippen LogP contribution in [0.3, 0.4) is 0 Å². The van der Waals surface area contributed by atoms with Crippen LogP contribution in [0.2, 0.25) is 5.02 Å². The van der Waals surface area contributed by atoms with Gasteiger partial charge in [-0.1, -0.05) is 17.5 Å². The number of carbonyl (C=O) groups is 3. The van der Waals surface area contributed by atoms with Crippen molar-refractivity contribution in [1.29, 1.82) is 0 Å². The zero-order chi connectivity index (χ0) is 21.4. The summed E-state index contributed by atoms with van der Waals surface area (Å²) in [6.07, 6.45) is -5.09. The van der Waals surface area contributed by atoms with E-state index in [4.69, 9.17) is 16.3 Å². The van der Waals surface area contributed by atoms with Crippen LogP contribution in [-0.2, 0) is 19.9 Å². The summed E-state index contributed by atoms with van der Waals surface area (Å²) in [5, 5.41) is -0.0208. The molecular formula is C20H17ClF3NO4. The van der Waals surface area contributed by atoms with Crippen molar-refractivity contribution in [2.75, 3.05) is 4.90 Å². The molecule has 9 heteroatoms. The Balaban J connectivity index is 2.07. The Kier molecular flexibility index (Phi) is 5.63. The van der Waals surface area contributed by atoms with Crippen molar-refractivity contribution in [1.82, 2.24) is 0 Å². The van der Waals surface area contributed by atoms with Crippen molar-refractivity contribution < 1.29 is 32.3 Å². The van der Waals surface area contributed by atoms with E-state index in [-0.39, 0.29) is 41.7 Å². The van der Waals surface area contributed by atoms with Crippen LogP contribution in [0.1, 0.15) is 44.6 Å². The first kappa shape index (κ1) is 21.2. The number of cyclic esters (lactones) is 1. The number of halogens is 4. The molecular weight excluding hydrogens is 411 g/mol. The standard InChI is InChI=1S/C20H17ClF3NO4/c1-12(26)3-2-4-17(27)25-16-8-7-14(21)11-15(16)19(20(22,23)24,29-18(25)28)10-9-13-5-6-13/h7-8,11,13H,2-6H2,1H3/t19-/m0/s1. The zero-order valence-corrected chi connectivity index (χ0v) is 16.2. The van der Waals surface area contributed by atoms with Gasteiger partial charge < -0.3 is 9.53 Å². The summed E-state index contributed by atoms with van der Waals surface area (Å²) >= 11 is 5.91. The smallest absolute Gasteiger partial charge is 0.414 e. The van der Waals surface area contributed by atoms with Gasteiger partial charge in [-0.05, 0) is 50.3 Å². The minimum absolute atomic E-state index is 0.0208. The number of hydrogen-bond acceptors (Lipinski definition) is 4. The van der Waals surface area contributed by atoms with E-state index in [0.29, 0.717) is 17.7 Å². The van der Waals surface area contributed by atoms with Gasteiger partial charge in [0.05, 0.1) is 5.69 Å². The molecule has 0 aromatic heterocycles. The maximum atomic E-state index is 14.1. The highest BCUT2D eigenvalue weighted by Crippen LogP contribution is 2.50. The number of hydrogen-bond donors (Lipinski definition) is 0. The Labute approximate surface area is 170 Å². The molecule has 1 heterocycles. The molecule has 0 saturated heterocycles. The van der Waals surface area contributed by atoms with Crippen LogP contribution in [0.15, 0.2) is 18.2 Å². The molecule has 0 unspecified atom stereocenters. The van der Waals surface area contributed by atoms with Crippen LogP contribution in [0, 0.1) is 17.8 Å². The molecule has 1 aliphatic carbocycles. The molecule has 1 atom stereocenters. The van der Waals surface area contributed by atoms with E-state index in [9.17, 15) is 27.6 Å². The molecule has 1 aromatic rings. The number of Topliss-reactive ketones (excluding diaryl/α,β-unsaturated/α-hetero) is 1. The average Bonchev–Trinajstić information content (AvgIpc) is 3.43. The first-order valence-electron chi connectivity index (χ1n) is 9.00. The quantitative estimate of drug-likeness (QED) is 0.650. The highest BCUT2D eigenvalue weighted by molar-refractivity contribution is 6.31. The van der Waals surface area contributed by atoms with Crippen LogP contribution in [0.25, 0.3) is 0 Å². The highest BCUT2D eigenvalue weighted by Gasteiger charge is 2.63. The largest absolute Gasteiger partial charge is 0.445 e. The molecule has 154 valence electrons.